The molecular formula is C20H21Cl2NO4. The SMILES string of the molecule is COc1c(Cl)cc(C(=O)O[C@@H](C)C(=O)Nc2c(C)cc(C)cc2C)cc1Cl. The molecule has 27 heavy (non-hydrogen) atoms. The van der Waals surface area contributed by atoms with Crippen LogP contribution >= 0.6 is 23.2 Å². The Morgan fingerprint density at radius 1 is 1.00 bits per heavy atom. The molecule has 1 atom stereocenters. The molecule has 2 aromatic carbocycles. The molecule has 7 heteroatoms. The minimum Gasteiger partial charge on any atom is -0.494 e. The molecule has 0 aromatic heterocycles. The second kappa shape index (κ2) is 8.63. The maximum atomic E-state index is 12.4. The van der Waals surface area contributed by atoms with Gasteiger partial charge in [-0.15, -0.1) is 0 Å². The van der Waals surface area contributed by atoms with E-state index in [1.807, 2.05) is 32.9 Å². The van der Waals surface area contributed by atoms with Crippen LogP contribution in [0.15, 0.2) is 24.3 Å². The fourth-order valence-corrected chi connectivity index (χ4v) is 3.40. The van der Waals surface area contributed by atoms with Crippen molar-refractivity contribution in [3.8, 4) is 5.75 Å². The molecule has 2 aromatic rings. The minimum atomic E-state index is -1.00. The predicted molar refractivity (Wildman–Crippen MR) is 107 cm³/mol. The van der Waals surface area contributed by atoms with Gasteiger partial charge in [0.15, 0.2) is 11.9 Å². The number of amides is 1. The van der Waals surface area contributed by atoms with E-state index in [2.05, 4.69) is 5.32 Å². The van der Waals surface area contributed by atoms with E-state index >= 15 is 0 Å². The third-order valence-corrected chi connectivity index (χ3v) is 4.58. The summed E-state index contributed by atoms with van der Waals surface area (Å²) in [5.74, 6) is -0.864. The number of aryl methyl sites for hydroxylation is 3. The van der Waals surface area contributed by atoms with Crippen LogP contribution in [0.4, 0.5) is 5.69 Å². The molecule has 0 heterocycles. The molecule has 0 aliphatic heterocycles. The highest BCUT2D eigenvalue weighted by atomic mass is 35.5. The van der Waals surface area contributed by atoms with E-state index in [4.69, 9.17) is 32.7 Å². The molecule has 0 aliphatic carbocycles. The summed E-state index contributed by atoms with van der Waals surface area (Å²) in [6, 6.07) is 6.71. The van der Waals surface area contributed by atoms with Crippen LogP contribution < -0.4 is 10.1 Å². The third kappa shape index (κ3) is 4.93. The van der Waals surface area contributed by atoms with Crippen molar-refractivity contribution in [3.05, 3.63) is 56.6 Å². The van der Waals surface area contributed by atoms with Gasteiger partial charge in [-0.25, -0.2) is 4.79 Å². The third-order valence-electron chi connectivity index (χ3n) is 4.02. The standard InChI is InChI=1S/C20H21Cl2NO4/c1-10-6-11(2)17(12(3)7-10)23-19(24)13(4)27-20(25)14-8-15(21)18(26-5)16(22)9-14/h6-9,13H,1-5H3,(H,23,24)/t13-/m0/s1. The van der Waals surface area contributed by atoms with Gasteiger partial charge < -0.3 is 14.8 Å². The van der Waals surface area contributed by atoms with Crippen LogP contribution in [0, 0.1) is 20.8 Å². The summed E-state index contributed by atoms with van der Waals surface area (Å²) in [5.41, 5.74) is 3.83. The quantitative estimate of drug-likeness (QED) is 0.696. The van der Waals surface area contributed by atoms with Crippen molar-refractivity contribution in [3.63, 3.8) is 0 Å². The van der Waals surface area contributed by atoms with Crippen molar-refractivity contribution in [1.29, 1.82) is 0 Å². The Bertz CT molecular complexity index is 850. The van der Waals surface area contributed by atoms with E-state index in [-0.39, 0.29) is 21.4 Å². The van der Waals surface area contributed by atoms with E-state index in [0.29, 0.717) is 5.69 Å². The number of esters is 1. The van der Waals surface area contributed by atoms with Gasteiger partial charge in [0.2, 0.25) is 0 Å². The number of benzene rings is 2. The molecular weight excluding hydrogens is 389 g/mol. The molecule has 0 fully saturated rings. The summed E-state index contributed by atoms with van der Waals surface area (Å²) in [5, 5.41) is 3.18. The van der Waals surface area contributed by atoms with Crippen molar-refractivity contribution in [1.82, 2.24) is 0 Å². The van der Waals surface area contributed by atoms with Crippen LogP contribution in [0.3, 0.4) is 0 Å². The van der Waals surface area contributed by atoms with Crippen LogP contribution in [-0.2, 0) is 9.53 Å². The van der Waals surface area contributed by atoms with Gasteiger partial charge in [-0.1, -0.05) is 40.9 Å². The monoisotopic (exact) mass is 409 g/mol. The molecule has 2 rings (SSSR count). The van der Waals surface area contributed by atoms with E-state index < -0.39 is 18.0 Å². The highest BCUT2D eigenvalue weighted by molar-refractivity contribution is 6.37. The molecule has 0 spiro atoms. The van der Waals surface area contributed by atoms with Crippen molar-refractivity contribution < 1.29 is 19.1 Å². The number of methoxy groups -OCH3 is 1. The Labute approximate surface area is 168 Å². The maximum Gasteiger partial charge on any atom is 0.339 e. The molecule has 0 radical (unpaired) electrons. The Morgan fingerprint density at radius 2 is 1.52 bits per heavy atom. The van der Waals surface area contributed by atoms with Gasteiger partial charge in [0, 0.05) is 5.69 Å². The number of halogens is 2. The number of hydrogen-bond donors (Lipinski definition) is 1. The highest BCUT2D eigenvalue weighted by Crippen LogP contribution is 2.34. The van der Waals surface area contributed by atoms with Gasteiger partial charge in [-0.3, -0.25) is 4.79 Å². The van der Waals surface area contributed by atoms with Crippen molar-refractivity contribution >= 4 is 40.8 Å². The molecule has 0 aliphatic rings. The largest absolute Gasteiger partial charge is 0.494 e. The average molecular weight is 410 g/mol. The smallest absolute Gasteiger partial charge is 0.339 e. The molecule has 0 bridgehead atoms. The lowest BCUT2D eigenvalue weighted by molar-refractivity contribution is -0.123. The normalized spacial score (nSPS) is 11.7. The predicted octanol–water partition coefficient (Wildman–Crippen LogP) is 5.11. The van der Waals surface area contributed by atoms with E-state index in [1.165, 1.54) is 26.2 Å². The van der Waals surface area contributed by atoms with Gasteiger partial charge in [-0.2, -0.15) is 0 Å². The topological polar surface area (TPSA) is 64.6 Å². The first-order valence-corrected chi connectivity index (χ1v) is 9.02. The number of nitrogens with one attached hydrogen (secondary N) is 1. The molecule has 5 nitrogen and oxygen atoms in total. The summed E-state index contributed by atoms with van der Waals surface area (Å²) < 4.78 is 10.3. The van der Waals surface area contributed by atoms with Crippen LogP contribution in [0.1, 0.15) is 34.0 Å². The summed E-state index contributed by atoms with van der Waals surface area (Å²) in [6.45, 7) is 7.31. The number of ether oxygens (including phenoxy) is 2. The minimum absolute atomic E-state index is 0.133. The molecule has 0 saturated heterocycles. The van der Waals surface area contributed by atoms with Gasteiger partial charge in [0.1, 0.15) is 0 Å². The van der Waals surface area contributed by atoms with E-state index in [0.717, 1.165) is 16.7 Å². The lowest BCUT2D eigenvalue weighted by Gasteiger charge is -2.17. The second-order valence-corrected chi connectivity index (χ2v) is 7.10. The first-order chi connectivity index (χ1) is 12.6. The zero-order valence-corrected chi connectivity index (χ0v) is 17.3. The van der Waals surface area contributed by atoms with E-state index in [1.54, 1.807) is 0 Å². The molecule has 1 amide bonds. The van der Waals surface area contributed by atoms with Crippen molar-refractivity contribution in [2.75, 3.05) is 12.4 Å². The van der Waals surface area contributed by atoms with Crippen LogP contribution in [-0.4, -0.2) is 25.1 Å². The molecule has 0 unspecified atom stereocenters. The Balaban J connectivity index is 2.12. The number of anilines is 1. The Morgan fingerprint density at radius 3 is 2.00 bits per heavy atom. The summed E-state index contributed by atoms with van der Waals surface area (Å²) >= 11 is 12.1. The number of carbonyl (C=O) groups is 2. The van der Waals surface area contributed by atoms with Gasteiger partial charge in [0.05, 0.1) is 22.7 Å². The first kappa shape index (κ1) is 21.1. The Hall–Kier alpha value is -2.24. The fraction of sp³-hybridized carbons (Fsp3) is 0.300. The average Bonchev–Trinajstić information content (AvgIpc) is 2.57. The van der Waals surface area contributed by atoms with Crippen LogP contribution in [0.5, 0.6) is 5.75 Å². The highest BCUT2D eigenvalue weighted by Gasteiger charge is 2.22. The number of hydrogen-bond acceptors (Lipinski definition) is 4. The number of carbonyl (C=O) groups excluding carboxylic acids is 2. The van der Waals surface area contributed by atoms with Crippen LogP contribution in [0.2, 0.25) is 10.0 Å². The summed E-state index contributed by atoms with van der Waals surface area (Å²) in [4.78, 5) is 24.8. The van der Waals surface area contributed by atoms with Crippen molar-refractivity contribution in [2.24, 2.45) is 0 Å². The fourth-order valence-electron chi connectivity index (χ4n) is 2.76. The van der Waals surface area contributed by atoms with Crippen LogP contribution in [0.25, 0.3) is 0 Å². The maximum absolute atomic E-state index is 12.4. The Kier molecular flexibility index (Phi) is 6.73. The van der Waals surface area contributed by atoms with Gasteiger partial charge >= 0.3 is 5.97 Å². The second-order valence-electron chi connectivity index (χ2n) is 6.28. The van der Waals surface area contributed by atoms with Crippen molar-refractivity contribution in [2.45, 2.75) is 33.8 Å². The van der Waals surface area contributed by atoms with Gasteiger partial charge in [-0.05, 0) is 51.0 Å². The summed E-state index contributed by atoms with van der Waals surface area (Å²) in [6.07, 6.45) is -1.00. The van der Waals surface area contributed by atoms with Gasteiger partial charge in [0.25, 0.3) is 5.91 Å². The molecule has 0 saturated carbocycles. The zero-order chi connectivity index (χ0) is 20.3. The number of rotatable bonds is 5. The summed E-state index contributed by atoms with van der Waals surface area (Å²) in [7, 11) is 1.42. The lowest BCUT2D eigenvalue weighted by atomic mass is 10.0. The lowest BCUT2D eigenvalue weighted by Crippen LogP contribution is -2.30. The van der Waals surface area contributed by atoms with E-state index in [9.17, 15) is 9.59 Å². The first-order valence-electron chi connectivity index (χ1n) is 8.26. The zero-order valence-electron chi connectivity index (χ0n) is 15.8. The molecule has 144 valence electrons. The molecule has 1 N–H and O–H groups in total.